The van der Waals surface area contributed by atoms with Gasteiger partial charge in [0.05, 0.1) is 0 Å². The summed E-state index contributed by atoms with van der Waals surface area (Å²) in [6.07, 6.45) is 0. The molecule has 0 saturated carbocycles. The standard InChI is InChI=1S/C2H8N2.C2H5.ClH.Hg/c3-1-2-4;1-2;;/h1-4H2;1H2,2H3;1H;/q;;;+1/p-1. The van der Waals surface area contributed by atoms with E-state index in [9.17, 15) is 0 Å². The van der Waals surface area contributed by atoms with Crippen LogP contribution in [0.15, 0.2) is 0 Å². The van der Waals surface area contributed by atoms with Gasteiger partial charge in [0.25, 0.3) is 0 Å². The van der Waals surface area contributed by atoms with Crippen molar-refractivity contribution < 1.29 is 23.3 Å². The Morgan fingerprint density at radius 2 is 1.62 bits per heavy atom. The van der Waals surface area contributed by atoms with E-state index in [2.05, 4.69) is 6.92 Å². The third-order valence-corrected chi connectivity index (χ3v) is 5.14. The number of hydrogen-bond donors (Lipinski definition) is 2. The van der Waals surface area contributed by atoms with Crippen LogP contribution < -0.4 is 11.5 Å². The Labute approximate surface area is 66.8 Å². The number of halogens is 1. The first-order valence-electron chi connectivity index (χ1n) is 2.79. The van der Waals surface area contributed by atoms with Gasteiger partial charge in [-0.15, -0.1) is 0 Å². The molecule has 0 aromatic heterocycles. The van der Waals surface area contributed by atoms with Crippen molar-refractivity contribution in [1.82, 2.24) is 0 Å². The Kier molecular flexibility index (Phi) is 23.3. The quantitative estimate of drug-likeness (QED) is 0.729. The summed E-state index contributed by atoms with van der Waals surface area (Å²) < 4.78 is 1.31. The molecule has 0 bridgehead atoms. The molecule has 48 valence electrons. The van der Waals surface area contributed by atoms with E-state index >= 15 is 0 Å². The van der Waals surface area contributed by atoms with Crippen molar-refractivity contribution in [1.29, 1.82) is 0 Å². The van der Waals surface area contributed by atoms with E-state index < -0.39 is 23.3 Å². The molecule has 4 N–H and O–H groups in total. The van der Waals surface area contributed by atoms with Crippen molar-refractivity contribution in [3.8, 4) is 0 Å². The Bertz CT molecular complexity index is 22.0. The number of rotatable bonds is 2. The van der Waals surface area contributed by atoms with Crippen molar-refractivity contribution in [2.45, 2.75) is 10.9 Å². The summed E-state index contributed by atoms with van der Waals surface area (Å²) >= 11 is -0.640. The SMILES string of the molecule is C[CH2][Hg][Cl].NCCN. The van der Waals surface area contributed by atoms with Crippen LogP contribution in [0.2, 0.25) is 3.93 Å². The minimum absolute atomic E-state index is 0.597. The normalized spacial score (nSPS) is 6.50. The maximum atomic E-state index is 5.41. The molecule has 8 heavy (non-hydrogen) atoms. The van der Waals surface area contributed by atoms with Gasteiger partial charge >= 0.3 is 42.4 Å². The first-order valence-corrected chi connectivity index (χ1v) is 13.4. The number of hydrogen-bond acceptors (Lipinski definition) is 2. The van der Waals surface area contributed by atoms with Gasteiger partial charge in [0, 0.05) is 13.1 Å². The van der Waals surface area contributed by atoms with Crippen molar-refractivity contribution in [3.05, 3.63) is 0 Å². The molecule has 0 atom stereocenters. The predicted molar refractivity (Wildman–Crippen MR) is 34.4 cm³/mol. The Balaban J connectivity index is 0. The summed E-state index contributed by atoms with van der Waals surface area (Å²) in [6.45, 7) is 3.34. The fraction of sp³-hybridized carbons (Fsp3) is 1.00. The van der Waals surface area contributed by atoms with Crippen LogP contribution >= 0.6 is 8.25 Å². The van der Waals surface area contributed by atoms with Gasteiger partial charge in [-0.3, -0.25) is 0 Å². The molecular formula is C4H13ClHgN2. The second-order valence-corrected chi connectivity index (χ2v) is 9.94. The maximum absolute atomic E-state index is 5.41. The first kappa shape index (κ1) is 11.9. The Morgan fingerprint density at radius 3 is 1.62 bits per heavy atom. The van der Waals surface area contributed by atoms with Crippen LogP contribution in [0.5, 0.6) is 0 Å². The van der Waals surface area contributed by atoms with Crippen molar-refractivity contribution in [2.75, 3.05) is 13.1 Å². The van der Waals surface area contributed by atoms with Gasteiger partial charge in [-0.1, -0.05) is 0 Å². The zero-order chi connectivity index (χ0) is 6.83. The molecule has 0 spiro atoms. The van der Waals surface area contributed by atoms with Gasteiger partial charge in [-0.25, -0.2) is 0 Å². The molecule has 0 unspecified atom stereocenters. The molecule has 0 fully saturated rings. The van der Waals surface area contributed by atoms with E-state index in [0.717, 1.165) is 0 Å². The fourth-order valence-electron chi connectivity index (χ4n) is 0. The fourth-order valence-corrected chi connectivity index (χ4v) is 0. The van der Waals surface area contributed by atoms with Crippen LogP contribution in [0.3, 0.4) is 0 Å². The zero-order valence-electron chi connectivity index (χ0n) is 5.36. The van der Waals surface area contributed by atoms with Crippen LogP contribution in [0.4, 0.5) is 0 Å². The molecule has 0 radical (unpaired) electrons. The molecule has 0 aliphatic carbocycles. The molecule has 0 aliphatic heterocycles. The average Bonchev–Trinajstić information content (AvgIpc) is 1.88. The monoisotopic (exact) mass is 326 g/mol. The van der Waals surface area contributed by atoms with Crippen LogP contribution in [-0.4, -0.2) is 13.1 Å². The zero-order valence-corrected chi connectivity index (χ0v) is 11.6. The summed E-state index contributed by atoms with van der Waals surface area (Å²) in [6, 6.07) is 0. The van der Waals surface area contributed by atoms with Crippen LogP contribution in [0.25, 0.3) is 0 Å². The molecule has 0 aliphatic rings. The summed E-state index contributed by atoms with van der Waals surface area (Å²) in [7, 11) is 5.41. The van der Waals surface area contributed by atoms with Gasteiger partial charge in [0.2, 0.25) is 0 Å². The minimum atomic E-state index is -0.640. The molecule has 0 rings (SSSR count). The topological polar surface area (TPSA) is 52.0 Å². The van der Waals surface area contributed by atoms with Crippen molar-refractivity contribution >= 4 is 8.25 Å². The van der Waals surface area contributed by atoms with Crippen LogP contribution in [0, 0.1) is 0 Å². The van der Waals surface area contributed by atoms with Gasteiger partial charge in [-0.05, 0) is 0 Å². The molecule has 0 heterocycles. The second kappa shape index (κ2) is 15.7. The van der Waals surface area contributed by atoms with Gasteiger partial charge in [-0.2, -0.15) is 0 Å². The molecule has 0 saturated heterocycles. The summed E-state index contributed by atoms with van der Waals surface area (Å²) in [4.78, 5) is 0. The van der Waals surface area contributed by atoms with E-state index in [1.54, 1.807) is 0 Å². The molecule has 0 aromatic carbocycles. The van der Waals surface area contributed by atoms with E-state index in [0.29, 0.717) is 13.1 Å². The maximum Gasteiger partial charge on any atom is 0.00461 e. The molecule has 2 nitrogen and oxygen atoms in total. The average molecular weight is 325 g/mol. The molecule has 4 heteroatoms. The summed E-state index contributed by atoms with van der Waals surface area (Å²) in [5.74, 6) is 0. The van der Waals surface area contributed by atoms with E-state index in [1.807, 2.05) is 0 Å². The van der Waals surface area contributed by atoms with Gasteiger partial charge in [0.15, 0.2) is 0 Å². The minimum Gasteiger partial charge on any atom is -0.329 e. The summed E-state index contributed by atoms with van der Waals surface area (Å²) in [5, 5.41) is 0. The Hall–Kier alpha value is 1.15. The Morgan fingerprint density at radius 1 is 1.38 bits per heavy atom. The summed E-state index contributed by atoms with van der Waals surface area (Å²) in [5.41, 5.74) is 9.81. The molecule has 0 aromatic rings. The van der Waals surface area contributed by atoms with Crippen molar-refractivity contribution in [2.24, 2.45) is 11.5 Å². The smallest absolute Gasteiger partial charge is 0.00461 e. The largest absolute Gasteiger partial charge is 0.329 e. The van der Waals surface area contributed by atoms with E-state index in [4.69, 9.17) is 19.7 Å². The van der Waals surface area contributed by atoms with Crippen LogP contribution in [0.1, 0.15) is 6.92 Å². The van der Waals surface area contributed by atoms with E-state index in [-0.39, 0.29) is 0 Å². The van der Waals surface area contributed by atoms with Gasteiger partial charge < -0.3 is 11.5 Å². The third-order valence-electron chi connectivity index (χ3n) is 0.356. The van der Waals surface area contributed by atoms with Crippen LogP contribution in [-0.2, 0) is 23.3 Å². The van der Waals surface area contributed by atoms with Gasteiger partial charge in [0.1, 0.15) is 0 Å². The predicted octanol–water partition coefficient (Wildman–Crippen LogP) is 0.565. The van der Waals surface area contributed by atoms with Crippen molar-refractivity contribution in [3.63, 3.8) is 0 Å². The molecule has 0 amide bonds. The number of nitrogens with two attached hydrogens (primary N) is 2. The molecular weight excluding hydrogens is 312 g/mol. The van der Waals surface area contributed by atoms with E-state index in [1.165, 1.54) is 3.93 Å². The third kappa shape index (κ3) is 27.3. The first-order chi connectivity index (χ1) is 3.83. The second-order valence-electron chi connectivity index (χ2n) is 1.27.